The molecular weight excluding hydrogens is 466 g/mol. The van der Waals surface area contributed by atoms with Crippen LogP contribution in [0.2, 0.25) is 5.02 Å². The molecular formula is C21H17ClF2N2O3S2. The Morgan fingerprint density at radius 3 is 2.35 bits per heavy atom. The lowest BCUT2D eigenvalue weighted by Crippen LogP contribution is -2.27. The number of anilines is 2. The molecule has 1 N–H and O–H groups in total. The van der Waals surface area contributed by atoms with Crippen molar-refractivity contribution in [2.45, 2.75) is 15.5 Å². The van der Waals surface area contributed by atoms with E-state index >= 15 is 0 Å². The Bertz CT molecular complexity index is 1190. The van der Waals surface area contributed by atoms with Crippen molar-refractivity contribution in [2.75, 3.05) is 16.7 Å². The van der Waals surface area contributed by atoms with E-state index in [-0.39, 0.29) is 26.1 Å². The summed E-state index contributed by atoms with van der Waals surface area (Å²) >= 11 is 6.43. The van der Waals surface area contributed by atoms with Gasteiger partial charge in [-0.1, -0.05) is 53.7 Å². The Hall–Kier alpha value is -2.62. The number of hydrogen-bond donors (Lipinski definition) is 1. The van der Waals surface area contributed by atoms with Crippen LogP contribution in [0.5, 0.6) is 0 Å². The highest BCUT2D eigenvalue weighted by molar-refractivity contribution is 7.99. The predicted octanol–water partition coefficient (Wildman–Crippen LogP) is 5.73. The Balaban J connectivity index is 1.92. The van der Waals surface area contributed by atoms with Crippen LogP contribution in [0.1, 0.15) is 10.4 Å². The number of rotatable bonds is 7. The van der Waals surface area contributed by atoms with Gasteiger partial charge >= 0.3 is 0 Å². The number of benzene rings is 3. The minimum Gasteiger partial charge on any atom is -0.321 e. The second-order valence-electron chi connectivity index (χ2n) is 6.28. The zero-order valence-corrected chi connectivity index (χ0v) is 18.5. The van der Waals surface area contributed by atoms with Gasteiger partial charge in [0, 0.05) is 11.9 Å². The number of thioether (sulfide) groups is 1. The van der Waals surface area contributed by atoms with E-state index in [2.05, 4.69) is 5.32 Å². The van der Waals surface area contributed by atoms with Crippen LogP contribution < -0.4 is 9.62 Å². The molecule has 0 unspecified atom stereocenters. The van der Waals surface area contributed by atoms with Gasteiger partial charge in [0.2, 0.25) is 0 Å². The molecule has 0 saturated heterocycles. The van der Waals surface area contributed by atoms with Crippen molar-refractivity contribution in [1.82, 2.24) is 0 Å². The van der Waals surface area contributed by atoms with Crippen molar-refractivity contribution in [2.24, 2.45) is 0 Å². The van der Waals surface area contributed by atoms with Gasteiger partial charge in [-0.05, 0) is 42.5 Å². The molecule has 3 aromatic rings. The minimum atomic E-state index is -3.97. The Labute approximate surface area is 188 Å². The Kier molecular flexibility index (Phi) is 7.19. The molecule has 3 rings (SSSR count). The fourth-order valence-electron chi connectivity index (χ4n) is 2.73. The van der Waals surface area contributed by atoms with Crippen LogP contribution in [0.15, 0.2) is 82.6 Å². The van der Waals surface area contributed by atoms with Gasteiger partial charge in [0.25, 0.3) is 21.7 Å². The van der Waals surface area contributed by atoms with E-state index in [1.807, 2.05) is 0 Å². The highest BCUT2D eigenvalue weighted by atomic mass is 35.5. The molecule has 0 atom stereocenters. The first-order valence-corrected chi connectivity index (χ1v) is 11.6. The van der Waals surface area contributed by atoms with Gasteiger partial charge in [0.1, 0.15) is 0 Å². The number of halogens is 3. The SMILES string of the molecule is CN(c1ccccc1)S(=O)(=O)c1ccc(Cl)c(C(=O)Nc2ccccc2SC(F)F)c1. The zero-order chi connectivity index (χ0) is 22.6. The smallest absolute Gasteiger partial charge is 0.288 e. The average Bonchev–Trinajstić information content (AvgIpc) is 2.75. The van der Waals surface area contributed by atoms with Gasteiger partial charge in [0.05, 0.1) is 26.9 Å². The van der Waals surface area contributed by atoms with Crippen LogP contribution in [-0.2, 0) is 10.0 Å². The summed E-state index contributed by atoms with van der Waals surface area (Å²) in [6.07, 6.45) is 0. The molecule has 0 aliphatic rings. The number of alkyl halides is 2. The summed E-state index contributed by atoms with van der Waals surface area (Å²) in [6.45, 7) is 0. The largest absolute Gasteiger partial charge is 0.321 e. The maximum absolute atomic E-state index is 13.0. The number of hydrogen-bond acceptors (Lipinski definition) is 4. The van der Waals surface area contributed by atoms with Crippen LogP contribution in [-0.4, -0.2) is 27.1 Å². The predicted molar refractivity (Wildman–Crippen MR) is 120 cm³/mol. The number of amides is 1. The number of nitrogens with one attached hydrogen (secondary N) is 1. The summed E-state index contributed by atoms with van der Waals surface area (Å²) in [6, 6.07) is 18.3. The van der Waals surface area contributed by atoms with Crippen LogP contribution in [0.4, 0.5) is 20.2 Å². The molecule has 162 valence electrons. The number of nitrogens with zero attached hydrogens (tertiary/aromatic N) is 1. The van der Waals surface area contributed by atoms with Crippen molar-refractivity contribution in [3.63, 3.8) is 0 Å². The van der Waals surface area contributed by atoms with Gasteiger partial charge in [-0.25, -0.2) is 8.42 Å². The first kappa shape index (κ1) is 23.1. The molecule has 5 nitrogen and oxygen atoms in total. The molecule has 0 radical (unpaired) electrons. The second kappa shape index (κ2) is 9.67. The topological polar surface area (TPSA) is 66.5 Å². The summed E-state index contributed by atoms with van der Waals surface area (Å²) in [4.78, 5) is 12.8. The average molecular weight is 483 g/mol. The number of carbonyl (C=O) groups is 1. The van der Waals surface area contributed by atoms with Crippen molar-refractivity contribution in [3.8, 4) is 0 Å². The molecule has 10 heteroatoms. The number of sulfonamides is 1. The van der Waals surface area contributed by atoms with Crippen LogP contribution in [0.25, 0.3) is 0 Å². The summed E-state index contributed by atoms with van der Waals surface area (Å²) in [5.74, 6) is -3.38. The van der Waals surface area contributed by atoms with Gasteiger partial charge in [-0.3, -0.25) is 9.10 Å². The van der Waals surface area contributed by atoms with Crippen molar-refractivity contribution >= 4 is 50.7 Å². The summed E-state index contributed by atoms with van der Waals surface area (Å²) in [7, 11) is -2.57. The minimum absolute atomic E-state index is 0.0257. The summed E-state index contributed by atoms with van der Waals surface area (Å²) < 4.78 is 52.7. The third-order valence-corrected chi connectivity index (χ3v) is 7.21. The Morgan fingerprint density at radius 1 is 1.03 bits per heavy atom. The first-order valence-electron chi connectivity index (χ1n) is 8.89. The quantitative estimate of drug-likeness (QED) is 0.436. The second-order valence-corrected chi connectivity index (χ2v) is 9.69. The van der Waals surface area contributed by atoms with E-state index in [1.165, 1.54) is 31.3 Å². The fraction of sp³-hybridized carbons (Fsp3) is 0.0952. The lowest BCUT2D eigenvalue weighted by Gasteiger charge is -2.20. The van der Waals surface area contributed by atoms with E-state index in [1.54, 1.807) is 42.5 Å². The molecule has 3 aromatic carbocycles. The molecule has 0 aromatic heterocycles. The zero-order valence-electron chi connectivity index (χ0n) is 16.1. The molecule has 0 aliphatic heterocycles. The van der Waals surface area contributed by atoms with Crippen molar-refractivity contribution < 1.29 is 22.0 Å². The molecule has 0 heterocycles. The maximum Gasteiger partial charge on any atom is 0.288 e. The van der Waals surface area contributed by atoms with Gasteiger partial charge < -0.3 is 5.32 Å². The van der Waals surface area contributed by atoms with E-state index < -0.39 is 21.7 Å². The van der Waals surface area contributed by atoms with Crippen molar-refractivity contribution in [1.29, 1.82) is 0 Å². The highest BCUT2D eigenvalue weighted by Gasteiger charge is 2.24. The summed E-state index contributed by atoms with van der Waals surface area (Å²) in [5, 5.41) is 2.55. The lowest BCUT2D eigenvalue weighted by molar-refractivity contribution is 0.102. The Morgan fingerprint density at radius 2 is 1.68 bits per heavy atom. The van der Waals surface area contributed by atoms with E-state index in [0.717, 1.165) is 10.4 Å². The molecule has 0 fully saturated rings. The van der Waals surface area contributed by atoms with Gasteiger partial charge in [-0.2, -0.15) is 8.78 Å². The first-order chi connectivity index (χ1) is 14.7. The van der Waals surface area contributed by atoms with Crippen LogP contribution in [0.3, 0.4) is 0 Å². The monoisotopic (exact) mass is 482 g/mol. The van der Waals surface area contributed by atoms with Crippen LogP contribution >= 0.6 is 23.4 Å². The van der Waals surface area contributed by atoms with E-state index in [4.69, 9.17) is 11.6 Å². The maximum atomic E-state index is 13.0. The molecule has 0 saturated carbocycles. The third-order valence-electron chi connectivity index (χ3n) is 4.31. The van der Waals surface area contributed by atoms with Gasteiger partial charge in [0.15, 0.2) is 0 Å². The normalized spacial score (nSPS) is 11.4. The fourth-order valence-corrected chi connectivity index (χ4v) is 4.75. The number of para-hydroxylation sites is 2. The standard InChI is InChI=1S/C21H17ClF2N2O3S2/c1-26(14-7-3-2-4-8-14)31(28,29)15-11-12-17(22)16(13-15)20(27)25-18-9-5-6-10-19(18)30-21(23)24/h2-13,21H,1H3,(H,25,27). The highest BCUT2D eigenvalue weighted by Crippen LogP contribution is 2.32. The molecule has 31 heavy (non-hydrogen) atoms. The van der Waals surface area contributed by atoms with Crippen LogP contribution in [0, 0.1) is 0 Å². The lowest BCUT2D eigenvalue weighted by atomic mass is 10.2. The molecule has 0 spiro atoms. The van der Waals surface area contributed by atoms with E-state index in [9.17, 15) is 22.0 Å². The third kappa shape index (κ3) is 5.36. The van der Waals surface area contributed by atoms with E-state index in [0.29, 0.717) is 17.4 Å². The molecule has 0 bridgehead atoms. The molecule has 1 amide bonds. The van der Waals surface area contributed by atoms with Crippen molar-refractivity contribution in [3.05, 3.63) is 83.4 Å². The number of carbonyl (C=O) groups excluding carboxylic acids is 1. The molecule has 0 aliphatic carbocycles. The van der Waals surface area contributed by atoms with Gasteiger partial charge in [-0.15, -0.1) is 0 Å². The summed E-state index contributed by atoms with van der Waals surface area (Å²) in [5.41, 5.74) is 0.519.